The van der Waals surface area contributed by atoms with Crippen molar-refractivity contribution in [1.29, 1.82) is 0 Å². The van der Waals surface area contributed by atoms with E-state index in [2.05, 4.69) is 15.0 Å². The number of nitrogens with zero attached hydrogens (tertiary/aromatic N) is 3. The molecule has 0 spiro atoms. The van der Waals surface area contributed by atoms with Crippen molar-refractivity contribution in [1.82, 2.24) is 15.0 Å². The molecule has 154 valence electrons. The van der Waals surface area contributed by atoms with Crippen LogP contribution in [0.4, 0.5) is 13.2 Å². The summed E-state index contributed by atoms with van der Waals surface area (Å²) in [5, 5.41) is -2.78. The lowest BCUT2D eigenvalue weighted by Crippen LogP contribution is -2.41. The van der Waals surface area contributed by atoms with Gasteiger partial charge in [-0.05, 0) is 32.6 Å². The van der Waals surface area contributed by atoms with Gasteiger partial charge in [-0.15, -0.1) is 11.8 Å². The van der Waals surface area contributed by atoms with E-state index >= 15 is 0 Å². The minimum Gasteiger partial charge on any atom is -0.489 e. The maximum Gasteiger partial charge on any atom is 0.317 e. The van der Waals surface area contributed by atoms with Crippen molar-refractivity contribution in [2.45, 2.75) is 50.0 Å². The second-order valence-corrected chi connectivity index (χ2v) is 8.82. The second kappa shape index (κ2) is 9.27. The van der Waals surface area contributed by atoms with Gasteiger partial charge in [0.2, 0.25) is 5.88 Å². The number of hydrogen-bond donors (Lipinski definition) is 0. The summed E-state index contributed by atoms with van der Waals surface area (Å²) < 4.78 is 51.3. The number of ether oxygens (including phenoxy) is 2. The first-order chi connectivity index (χ1) is 13.0. The number of hydrogen-bond acceptors (Lipinski definition) is 6. The van der Waals surface area contributed by atoms with Gasteiger partial charge >= 0.3 is 5.92 Å². The fraction of sp³-hybridized carbons (Fsp3) is 0.500. The predicted octanol–water partition coefficient (Wildman–Crippen LogP) is 5.01. The predicted molar refractivity (Wildman–Crippen MR) is 107 cm³/mol. The smallest absolute Gasteiger partial charge is 0.317 e. The molecule has 2 aromatic heterocycles. The van der Waals surface area contributed by atoms with Gasteiger partial charge in [0.1, 0.15) is 17.1 Å². The Labute approximate surface area is 169 Å². The van der Waals surface area contributed by atoms with Gasteiger partial charge in [0, 0.05) is 4.90 Å². The molecule has 0 N–H and O–H groups in total. The summed E-state index contributed by atoms with van der Waals surface area (Å²) in [7, 11) is 1.47. The van der Waals surface area contributed by atoms with E-state index in [4.69, 9.17) is 9.47 Å². The van der Waals surface area contributed by atoms with Gasteiger partial charge in [-0.3, -0.25) is 0 Å². The quantitative estimate of drug-likeness (QED) is 0.409. The van der Waals surface area contributed by atoms with Crippen molar-refractivity contribution < 1.29 is 22.6 Å². The fourth-order valence-electron chi connectivity index (χ4n) is 2.04. The van der Waals surface area contributed by atoms with Crippen LogP contribution in [0.1, 0.15) is 27.7 Å². The van der Waals surface area contributed by atoms with E-state index in [0.717, 1.165) is 17.6 Å². The van der Waals surface area contributed by atoms with Crippen LogP contribution >= 0.6 is 21.0 Å². The Morgan fingerprint density at radius 2 is 1.86 bits per heavy atom. The van der Waals surface area contributed by atoms with Crippen LogP contribution in [0.15, 0.2) is 29.6 Å². The number of rotatable bonds is 9. The van der Waals surface area contributed by atoms with Crippen molar-refractivity contribution in [3.05, 3.63) is 24.7 Å². The van der Waals surface area contributed by atoms with E-state index in [9.17, 15) is 13.2 Å². The van der Waals surface area contributed by atoms with E-state index < -0.39 is 17.9 Å². The van der Waals surface area contributed by atoms with E-state index in [1.165, 1.54) is 21.6 Å². The molecule has 0 aromatic carbocycles. The highest BCUT2D eigenvalue weighted by Gasteiger charge is 2.48. The van der Waals surface area contributed by atoms with Crippen LogP contribution < -0.4 is 9.47 Å². The molecule has 0 amide bonds. The highest BCUT2D eigenvalue weighted by molar-refractivity contribution is 7.99. The molecule has 0 bridgehead atoms. The van der Waals surface area contributed by atoms with Gasteiger partial charge in [-0.2, -0.15) is 8.78 Å². The lowest BCUT2D eigenvalue weighted by molar-refractivity contribution is -0.111. The third kappa shape index (κ3) is 5.95. The topological polar surface area (TPSA) is 57.1 Å². The molecule has 0 radical (unpaired) electrons. The highest BCUT2D eigenvalue weighted by Crippen LogP contribution is 2.38. The Morgan fingerprint density at radius 3 is 2.39 bits per heavy atom. The Kier molecular flexibility index (Phi) is 7.51. The molecule has 0 saturated heterocycles. The molecule has 10 heteroatoms. The number of alkyl halides is 3. The molecule has 2 unspecified atom stereocenters. The standard InChI is InChI=1S/C18H23F3N3O2PS/c1-5-28-14-6-12(26-11(2)3)7-24-16(14)13-8-23-15(9-22-13)25-10-18(20,21)17(4,19)27/h6-9,11H,5,10,27H2,1-4H3. The average Bonchev–Trinajstić information content (AvgIpc) is 2.60. The molecule has 28 heavy (non-hydrogen) atoms. The summed E-state index contributed by atoms with van der Waals surface area (Å²) in [6, 6.07) is 1.88. The van der Waals surface area contributed by atoms with Gasteiger partial charge in [0.15, 0.2) is 12.0 Å². The van der Waals surface area contributed by atoms with Crippen molar-refractivity contribution in [2.24, 2.45) is 0 Å². The van der Waals surface area contributed by atoms with Crippen LogP contribution in [0.2, 0.25) is 0 Å². The Hall–Kier alpha value is -1.60. The molecule has 0 aliphatic rings. The van der Waals surface area contributed by atoms with Crippen molar-refractivity contribution in [2.75, 3.05) is 12.4 Å². The van der Waals surface area contributed by atoms with Gasteiger partial charge < -0.3 is 9.47 Å². The minimum atomic E-state index is -3.68. The number of thioether (sulfide) groups is 1. The lowest BCUT2D eigenvalue weighted by Gasteiger charge is -2.25. The maximum atomic E-state index is 13.6. The van der Waals surface area contributed by atoms with Gasteiger partial charge in [-0.1, -0.05) is 16.2 Å². The fourth-order valence-corrected chi connectivity index (χ4v) is 2.93. The summed E-state index contributed by atoms with van der Waals surface area (Å²) in [4.78, 5) is 13.5. The van der Waals surface area contributed by atoms with Gasteiger partial charge in [0.25, 0.3) is 0 Å². The number of halogens is 3. The zero-order valence-electron chi connectivity index (χ0n) is 16.1. The average molecular weight is 433 g/mol. The molecular formula is C18H23F3N3O2PS. The Bertz CT molecular complexity index is 787. The van der Waals surface area contributed by atoms with E-state index in [0.29, 0.717) is 17.1 Å². The molecule has 2 rings (SSSR count). The summed E-state index contributed by atoms with van der Waals surface area (Å²) in [5.74, 6) is -2.34. The molecule has 2 heterocycles. The highest BCUT2D eigenvalue weighted by atomic mass is 32.2. The van der Waals surface area contributed by atoms with Crippen LogP contribution in [0.3, 0.4) is 0 Å². The molecule has 0 saturated carbocycles. The van der Waals surface area contributed by atoms with Crippen LogP contribution in [-0.2, 0) is 0 Å². The third-order valence-electron chi connectivity index (χ3n) is 3.49. The number of pyridine rings is 1. The first-order valence-corrected chi connectivity index (χ1v) is 10.2. The van der Waals surface area contributed by atoms with E-state index in [-0.39, 0.29) is 12.0 Å². The van der Waals surface area contributed by atoms with E-state index in [1.54, 1.807) is 18.0 Å². The Balaban J connectivity index is 2.18. The summed E-state index contributed by atoms with van der Waals surface area (Å²) >= 11 is 1.57. The third-order valence-corrected chi connectivity index (χ3v) is 4.82. The van der Waals surface area contributed by atoms with Crippen molar-refractivity contribution >= 4 is 21.0 Å². The monoisotopic (exact) mass is 433 g/mol. The molecule has 2 aromatic rings. The molecular weight excluding hydrogens is 410 g/mol. The SMILES string of the molecule is CCSc1cc(OC(C)C)cnc1-c1cnc(OCC(F)(F)C(C)(F)P)cn1. The molecule has 5 nitrogen and oxygen atoms in total. The maximum absolute atomic E-state index is 13.6. The molecule has 0 aliphatic heterocycles. The van der Waals surface area contributed by atoms with Gasteiger partial charge in [0.05, 0.1) is 24.7 Å². The van der Waals surface area contributed by atoms with Crippen LogP contribution in [-0.4, -0.2) is 44.7 Å². The van der Waals surface area contributed by atoms with Crippen molar-refractivity contribution in [3.63, 3.8) is 0 Å². The largest absolute Gasteiger partial charge is 0.489 e. The molecule has 2 atom stereocenters. The second-order valence-electron chi connectivity index (χ2n) is 6.43. The zero-order chi connectivity index (χ0) is 20.9. The lowest BCUT2D eigenvalue weighted by atomic mass is 10.2. The number of aromatic nitrogens is 3. The summed E-state index contributed by atoms with van der Waals surface area (Å²) in [6.07, 6.45) is 4.22. The normalized spacial score (nSPS) is 14.0. The zero-order valence-corrected chi connectivity index (χ0v) is 18.0. The van der Waals surface area contributed by atoms with Crippen LogP contribution in [0.5, 0.6) is 11.6 Å². The molecule has 0 aliphatic carbocycles. The first-order valence-electron chi connectivity index (χ1n) is 8.64. The molecule has 0 fully saturated rings. The first kappa shape index (κ1) is 22.7. The van der Waals surface area contributed by atoms with Crippen LogP contribution in [0, 0.1) is 0 Å². The van der Waals surface area contributed by atoms with Crippen molar-refractivity contribution in [3.8, 4) is 23.0 Å². The minimum absolute atomic E-state index is 0.0224. The van der Waals surface area contributed by atoms with E-state index in [1.807, 2.05) is 26.8 Å². The summed E-state index contributed by atoms with van der Waals surface area (Å²) in [6.45, 7) is 5.49. The van der Waals surface area contributed by atoms with Crippen LogP contribution in [0.25, 0.3) is 11.4 Å². The Morgan fingerprint density at radius 1 is 1.14 bits per heavy atom. The van der Waals surface area contributed by atoms with Gasteiger partial charge in [-0.25, -0.2) is 19.3 Å². The summed E-state index contributed by atoms with van der Waals surface area (Å²) in [5.41, 5.74) is 1.07.